The molecule has 0 aromatic carbocycles. The maximum atomic E-state index is 12.1. The molecule has 1 saturated carbocycles. The van der Waals surface area contributed by atoms with E-state index in [0.717, 1.165) is 25.7 Å². The highest BCUT2D eigenvalue weighted by atomic mass is 35.5. The van der Waals surface area contributed by atoms with E-state index in [1.165, 1.54) is 0 Å². The number of nitrogens with two attached hydrogens (primary N) is 1. The highest BCUT2D eigenvalue weighted by Gasteiger charge is 2.40. The zero-order valence-corrected chi connectivity index (χ0v) is 11.9. The third kappa shape index (κ3) is 3.85. The molecule has 2 amide bonds. The number of amides is 2. The van der Waals surface area contributed by atoms with E-state index in [4.69, 9.17) is 5.73 Å². The van der Waals surface area contributed by atoms with Gasteiger partial charge in [-0.2, -0.15) is 0 Å². The number of hydrogen-bond donors (Lipinski definition) is 3. The van der Waals surface area contributed by atoms with Gasteiger partial charge in [0.15, 0.2) is 0 Å². The molecule has 0 saturated heterocycles. The molecule has 1 unspecified atom stereocenters. The first-order chi connectivity index (χ1) is 8.05. The molecule has 1 aliphatic rings. The van der Waals surface area contributed by atoms with Crippen LogP contribution in [0, 0.1) is 5.41 Å². The smallest absolute Gasteiger partial charge is 0.242 e. The van der Waals surface area contributed by atoms with Crippen LogP contribution in [0.5, 0.6) is 0 Å². The highest BCUT2D eigenvalue weighted by Crippen LogP contribution is 2.37. The van der Waals surface area contributed by atoms with Crippen LogP contribution in [0.3, 0.4) is 0 Å². The van der Waals surface area contributed by atoms with E-state index in [9.17, 15) is 9.59 Å². The maximum absolute atomic E-state index is 12.1. The number of rotatable bonds is 5. The van der Waals surface area contributed by atoms with Gasteiger partial charge >= 0.3 is 0 Å². The minimum absolute atomic E-state index is 0. The molecule has 1 fully saturated rings. The number of likely N-dealkylation sites (N-methyl/N-ethyl adjacent to an activating group) is 1. The van der Waals surface area contributed by atoms with Crippen molar-refractivity contribution in [3.8, 4) is 0 Å². The molecule has 0 aliphatic heterocycles. The Hall–Kier alpha value is -0.810. The molecule has 6 heteroatoms. The molecule has 0 bridgehead atoms. The third-order valence-corrected chi connectivity index (χ3v) is 3.52. The summed E-state index contributed by atoms with van der Waals surface area (Å²) >= 11 is 0. The molecule has 5 nitrogen and oxygen atoms in total. The maximum Gasteiger partial charge on any atom is 0.242 e. The van der Waals surface area contributed by atoms with Gasteiger partial charge in [0.25, 0.3) is 0 Å². The Morgan fingerprint density at radius 1 is 1.33 bits per heavy atom. The van der Waals surface area contributed by atoms with Crippen molar-refractivity contribution in [3.63, 3.8) is 0 Å². The molecule has 18 heavy (non-hydrogen) atoms. The quantitative estimate of drug-likeness (QED) is 0.687. The third-order valence-electron chi connectivity index (χ3n) is 3.52. The molecular formula is C12H24ClN3O2. The zero-order valence-electron chi connectivity index (χ0n) is 11.1. The van der Waals surface area contributed by atoms with E-state index in [0.29, 0.717) is 13.1 Å². The minimum atomic E-state index is -0.494. The standard InChI is InChI=1S/C12H23N3O2.ClH/c1-3-14-10(16)9(2)15-11(17)12(8-13)6-4-5-7-12;/h9H,3-8,13H2,1-2H3,(H,14,16)(H,15,17);1H. The lowest BCUT2D eigenvalue weighted by Crippen LogP contribution is -2.51. The van der Waals surface area contributed by atoms with Crippen LogP contribution in [-0.4, -0.2) is 30.9 Å². The molecule has 1 aliphatic carbocycles. The van der Waals surface area contributed by atoms with Gasteiger partial charge in [0.05, 0.1) is 5.41 Å². The number of nitrogens with one attached hydrogen (secondary N) is 2. The van der Waals surface area contributed by atoms with Gasteiger partial charge in [0.2, 0.25) is 11.8 Å². The van der Waals surface area contributed by atoms with Crippen molar-refractivity contribution in [3.05, 3.63) is 0 Å². The van der Waals surface area contributed by atoms with Crippen LogP contribution >= 0.6 is 12.4 Å². The van der Waals surface area contributed by atoms with Crippen molar-refractivity contribution in [2.45, 2.75) is 45.6 Å². The highest BCUT2D eigenvalue weighted by molar-refractivity contribution is 5.90. The molecule has 0 aromatic heterocycles. The number of carbonyl (C=O) groups is 2. The lowest BCUT2D eigenvalue weighted by atomic mass is 9.85. The second-order valence-electron chi connectivity index (χ2n) is 4.78. The second-order valence-corrected chi connectivity index (χ2v) is 4.78. The molecule has 1 atom stereocenters. The first-order valence-electron chi connectivity index (χ1n) is 6.34. The van der Waals surface area contributed by atoms with Gasteiger partial charge in [-0.05, 0) is 26.7 Å². The van der Waals surface area contributed by atoms with Crippen molar-refractivity contribution >= 4 is 24.2 Å². The molecule has 1 rings (SSSR count). The Morgan fingerprint density at radius 3 is 2.33 bits per heavy atom. The summed E-state index contributed by atoms with van der Waals surface area (Å²) < 4.78 is 0. The first kappa shape index (κ1) is 17.2. The Bertz CT molecular complexity index is 291. The summed E-state index contributed by atoms with van der Waals surface area (Å²) in [5.41, 5.74) is 5.28. The summed E-state index contributed by atoms with van der Waals surface area (Å²) in [4.78, 5) is 23.7. The number of hydrogen-bond acceptors (Lipinski definition) is 3. The fourth-order valence-electron chi connectivity index (χ4n) is 2.32. The lowest BCUT2D eigenvalue weighted by Gasteiger charge is -2.27. The van der Waals surface area contributed by atoms with Crippen LogP contribution < -0.4 is 16.4 Å². The lowest BCUT2D eigenvalue weighted by molar-refractivity contribution is -0.134. The van der Waals surface area contributed by atoms with Crippen molar-refractivity contribution in [1.82, 2.24) is 10.6 Å². The van der Waals surface area contributed by atoms with Gasteiger partial charge in [0.1, 0.15) is 6.04 Å². The van der Waals surface area contributed by atoms with Gasteiger partial charge in [-0.25, -0.2) is 0 Å². The van der Waals surface area contributed by atoms with E-state index < -0.39 is 11.5 Å². The fourth-order valence-corrected chi connectivity index (χ4v) is 2.32. The van der Waals surface area contributed by atoms with Crippen LogP contribution in [0.2, 0.25) is 0 Å². The average Bonchev–Trinajstić information content (AvgIpc) is 2.79. The predicted molar refractivity (Wildman–Crippen MR) is 73.5 cm³/mol. The summed E-state index contributed by atoms with van der Waals surface area (Å²) in [6.45, 7) is 4.48. The summed E-state index contributed by atoms with van der Waals surface area (Å²) in [7, 11) is 0. The Labute approximate surface area is 115 Å². The summed E-state index contributed by atoms with van der Waals surface area (Å²) in [5.74, 6) is -0.220. The molecule has 0 aromatic rings. The van der Waals surface area contributed by atoms with Gasteiger partial charge in [-0.3, -0.25) is 9.59 Å². The largest absolute Gasteiger partial charge is 0.355 e. The molecule has 0 radical (unpaired) electrons. The molecule has 106 valence electrons. The molecule has 0 spiro atoms. The van der Waals surface area contributed by atoms with Crippen LogP contribution in [-0.2, 0) is 9.59 Å². The fraction of sp³-hybridized carbons (Fsp3) is 0.833. The summed E-state index contributed by atoms with van der Waals surface area (Å²) in [6, 6.07) is -0.494. The Balaban J connectivity index is 0.00000289. The number of carbonyl (C=O) groups excluding carboxylic acids is 2. The van der Waals surface area contributed by atoms with Gasteiger partial charge in [-0.15, -0.1) is 12.4 Å². The van der Waals surface area contributed by atoms with Gasteiger partial charge in [0, 0.05) is 13.1 Å². The second kappa shape index (κ2) is 7.59. The van der Waals surface area contributed by atoms with E-state index in [2.05, 4.69) is 10.6 Å². The summed E-state index contributed by atoms with van der Waals surface area (Å²) in [5, 5.41) is 5.45. The zero-order chi connectivity index (χ0) is 12.9. The van der Waals surface area contributed by atoms with Crippen molar-refractivity contribution in [2.24, 2.45) is 11.1 Å². The van der Waals surface area contributed by atoms with Crippen molar-refractivity contribution in [1.29, 1.82) is 0 Å². The van der Waals surface area contributed by atoms with E-state index in [1.54, 1.807) is 6.92 Å². The van der Waals surface area contributed by atoms with Gasteiger partial charge < -0.3 is 16.4 Å². The van der Waals surface area contributed by atoms with Crippen LogP contribution in [0.25, 0.3) is 0 Å². The van der Waals surface area contributed by atoms with Crippen LogP contribution in [0.15, 0.2) is 0 Å². The van der Waals surface area contributed by atoms with Crippen molar-refractivity contribution < 1.29 is 9.59 Å². The van der Waals surface area contributed by atoms with E-state index in [-0.39, 0.29) is 24.2 Å². The molecular weight excluding hydrogens is 254 g/mol. The van der Waals surface area contributed by atoms with Crippen LogP contribution in [0.1, 0.15) is 39.5 Å². The van der Waals surface area contributed by atoms with E-state index >= 15 is 0 Å². The minimum Gasteiger partial charge on any atom is -0.355 e. The molecule has 0 heterocycles. The Morgan fingerprint density at radius 2 is 1.89 bits per heavy atom. The number of halogens is 1. The Kier molecular flexibility index (Phi) is 7.25. The first-order valence-corrected chi connectivity index (χ1v) is 6.34. The van der Waals surface area contributed by atoms with Crippen LogP contribution in [0.4, 0.5) is 0 Å². The average molecular weight is 278 g/mol. The van der Waals surface area contributed by atoms with Gasteiger partial charge in [-0.1, -0.05) is 12.8 Å². The normalized spacial score (nSPS) is 18.6. The predicted octanol–water partition coefficient (Wildman–Crippen LogP) is 0.568. The topological polar surface area (TPSA) is 84.2 Å². The SMILES string of the molecule is CCNC(=O)C(C)NC(=O)C1(CN)CCCC1.Cl. The monoisotopic (exact) mass is 277 g/mol. The van der Waals surface area contributed by atoms with E-state index in [1.807, 2.05) is 6.92 Å². The summed E-state index contributed by atoms with van der Waals surface area (Å²) in [6.07, 6.45) is 3.75. The van der Waals surface area contributed by atoms with Crippen molar-refractivity contribution in [2.75, 3.05) is 13.1 Å². The molecule has 4 N–H and O–H groups in total.